The fourth-order valence-corrected chi connectivity index (χ4v) is 1.90. The van der Waals surface area contributed by atoms with E-state index in [-0.39, 0.29) is 0 Å². The van der Waals surface area contributed by atoms with Gasteiger partial charge in [-0.3, -0.25) is 0 Å². The molecule has 4 nitrogen and oxygen atoms in total. The topological polar surface area (TPSA) is 61.3 Å². The van der Waals surface area contributed by atoms with Crippen molar-refractivity contribution in [2.75, 3.05) is 12.3 Å². The summed E-state index contributed by atoms with van der Waals surface area (Å²) in [6, 6.07) is 5.76. The Kier molecular flexibility index (Phi) is 3.04. The van der Waals surface area contributed by atoms with Crippen molar-refractivity contribution in [1.29, 1.82) is 0 Å². The first-order chi connectivity index (χ1) is 8.11. The average Bonchev–Trinajstić information content (AvgIpc) is 2.70. The van der Waals surface area contributed by atoms with Crippen LogP contribution in [0, 0.1) is 13.8 Å². The smallest absolute Gasteiger partial charge is 0.222 e. The molecule has 90 valence electrons. The summed E-state index contributed by atoms with van der Waals surface area (Å²) >= 11 is 0. The van der Waals surface area contributed by atoms with E-state index in [1.165, 1.54) is 0 Å². The van der Waals surface area contributed by atoms with E-state index in [1.54, 1.807) is 6.07 Å². The van der Waals surface area contributed by atoms with Crippen molar-refractivity contribution in [3.63, 3.8) is 0 Å². The first-order valence-electron chi connectivity index (χ1n) is 5.58. The molecule has 0 spiro atoms. The van der Waals surface area contributed by atoms with Gasteiger partial charge in [-0.15, -0.1) is 0 Å². The zero-order chi connectivity index (χ0) is 12.4. The molecule has 1 aromatic heterocycles. The lowest BCUT2D eigenvalue weighted by Crippen LogP contribution is -1.97. The van der Waals surface area contributed by atoms with Gasteiger partial charge in [-0.2, -0.15) is 0 Å². The molecule has 0 aliphatic heterocycles. The number of benzene rings is 1. The van der Waals surface area contributed by atoms with Gasteiger partial charge < -0.3 is 15.0 Å². The Morgan fingerprint density at radius 2 is 1.88 bits per heavy atom. The number of nitrogens with zero attached hydrogens (tertiary/aromatic N) is 1. The number of aryl methyl sites for hydroxylation is 2. The lowest BCUT2D eigenvalue weighted by atomic mass is 10.0. The van der Waals surface area contributed by atoms with Crippen LogP contribution in [0.4, 0.5) is 5.88 Å². The second kappa shape index (κ2) is 4.49. The highest BCUT2D eigenvalue weighted by atomic mass is 16.5. The van der Waals surface area contributed by atoms with Crippen LogP contribution in [-0.2, 0) is 0 Å². The Labute approximate surface area is 100 Å². The molecule has 2 N–H and O–H groups in total. The standard InChI is InChI=1S/C13H16N2O2/c1-4-16-13-8(2)5-10(6-9(13)3)11-7-12(14)17-15-11/h5-7H,4,14H2,1-3H3. The molecule has 0 unspecified atom stereocenters. The number of aromatic nitrogens is 1. The van der Waals surface area contributed by atoms with E-state index in [0.29, 0.717) is 12.5 Å². The minimum atomic E-state index is 0.323. The average molecular weight is 232 g/mol. The van der Waals surface area contributed by atoms with Gasteiger partial charge in [0.1, 0.15) is 11.4 Å². The fourth-order valence-electron chi connectivity index (χ4n) is 1.90. The number of nitrogen functional groups attached to an aromatic ring is 1. The van der Waals surface area contributed by atoms with Crippen LogP contribution in [-0.4, -0.2) is 11.8 Å². The highest BCUT2D eigenvalue weighted by molar-refractivity contribution is 5.65. The molecule has 4 heteroatoms. The van der Waals surface area contributed by atoms with Crippen LogP contribution in [0.25, 0.3) is 11.3 Å². The van der Waals surface area contributed by atoms with Gasteiger partial charge in [-0.05, 0) is 44.0 Å². The number of hydrogen-bond donors (Lipinski definition) is 1. The summed E-state index contributed by atoms with van der Waals surface area (Å²) in [6.07, 6.45) is 0. The third-order valence-corrected chi connectivity index (χ3v) is 2.57. The summed E-state index contributed by atoms with van der Waals surface area (Å²) in [4.78, 5) is 0. The van der Waals surface area contributed by atoms with E-state index in [1.807, 2.05) is 32.9 Å². The molecule has 17 heavy (non-hydrogen) atoms. The van der Waals surface area contributed by atoms with Crippen molar-refractivity contribution in [2.45, 2.75) is 20.8 Å². The molecule has 0 amide bonds. The summed E-state index contributed by atoms with van der Waals surface area (Å²) in [5.74, 6) is 1.26. The molecule has 2 aromatic rings. The molecule has 1 aromatic carbocycles. The maximum Gasteiger partial charge on any atom is 0.222 e. The monoisotopic (exact) mass is 232 g/mol. The van der Waals surface area contributed by atoms with E-state index in [4.69, 9.17) is 15.0 Å². The molecule has 0 aliphatic rings. The van der Waals surface area contributed by atoms with Gasteiger partial charge in [-0.25, -0.2) is 0 Å². The van der Waals surface area contributed by atoms with Crippen LogP contribution in [0.5, 0.6) is 5.75 Å². The second-order valence-corrected chi connectivity index (χ2v) is 3.99. The predicted octanol–water partition coefficient (Wildman–Crippen LogP) is 2.94. The van der Waals surface area contributed by atoms with Crippen molar-refractivity contribution < 1.29 is 9.26 Å². The highest BCUT2D eigenvalue weighted by Crippen LogP contribution is 2.30. The summed E-state index contributed by atoms with van der Waals surface area (Å²) in [7, 11) is 0. The van der Waals surface area contributed by atoms with Gasteiger partial charge in [0, 0.05) is 11.6 Å². The molecule has 0 saturated heterocycles. The fraction of sp³-hybridized carbons (Fsp3) is 0.308. The molecule has 0 radical (unpaired) electrons. The zero-order valence-electron chi connectivity index (χ0n) is 10.3. The summed E-state index contributed by atoms with van der Waals surface area (Å²) in [6.45, 7) is 6.68. The Hall–Kier alpha value is -1.97. The highest BCUT2D eigenvalue weighted by Gasteiger charge is 2.10. The van der Waals surface area contributed by atoms with E-state index in [9.17, 15) is 0 Å². The first-order valence-corrected chi connectivity index (χ1v) is 5.58. The lowest BCUT2D eigenvalue weighted by Gasteiger charge is -2.11. The Morgan fingerprint density at radius 3 is 2.35 bits per heavy atom. The van der Waals surface area contributed by atoms with Crippen LogP contribution in [0.3, 0.4) is 0 Å². The van der Waals surface area contributed by atoms with Gasteiger partial charge in [0.05, 0.1) is 6.61 Å². The van der Waals surface area contributed by atoms with E-state index < -0.39 is 0 Å². The van der Waals surface area contributed by atoms with Gasteiger partial charge in [0.2, 0.25) is 5.88 Å². The van der Waals surface area contributed by atoms with Crippen molar-refractivity contribution >= 4 is 5.88 Å². The van der Waals surface area contributed by atoms with E-state index in [2.05, 4.69) is 5.16 Å². The quantitative estimate of drug-likeness (QED) is 0.883. The minimum absolute atomic E-state index is 0.323. The molecular weight excluding hydrogens is 216 g/mol. The molecule has 0 aliphatic carbocycles. The number of ether oxygens (including phenoxy) is 1. The van der Waals surface area contributed by atoms with E-state index >= 15 is 0 Å². The Balaban J connectivity index is 2.45. The van der Waals surface area contributed by atoms with Crippen molar-refractivity contribution in [3.8, 4) is 17.0 Å². The van der Waals surface area contributed by atoms with Gasteiger partial charge >= 0.3 is 0 Å². The largest absolute Gasteiger partial charge is 0.493 e. The van der Waals surface area contributed by atoms with Crippen molar-refractivity contribution in [3.05, 3.63) is 29.3 Å². The molecule has 1 heterocycles. The Morgan fingerprint density at radius 1 is 1.24 bits per heavy atom. The van der Waals surface area contributed by atoms with Gasteiger partial charge in [0.15, 0.2) is 0 Å². The molecule has 2 rings (SSSR count). The molecule has 0 fully saturated rings. The van der Waals surface area contributed by atoms with Crippen molar-refractivity contribution in [2.24, 2.45) is 0 Å². The lowest BCUT2D eigenvalue weighted by molar-refractivity contribution is 0.335. The van der Waals surface area contributed by atoms with Crippen LogP contribution in [0.15, 0.2) is 22.7 Å². The predicted molar refractivity (Wildman–Crippen MR) is 67.0 cm³/mol. The Bertz CT molecular complexity index is 509. The number of nitrogens with two attached hydrogens (primary N) is 1. The maximum absolute atomic E-state index is 5.59. The SMILES string of the molecule is CCOc1c(C)cc(-c2cc(N)on2)cc1C. The summed E-state index contributed by atoms with van der Waals surface area (Å²) in [5, 5.41) is 3.90. The normalized spacial score (nSPS) is 10.5. The molecule has 0 atom stereocenters. The molecule has 0 saturated carbocycles. The third-order valence-electron chi connectivity index (χ3n) is 2.57. The number of hydrogen-bond acceptors (Lipinski definition) is 4. The number of rotatable bonds is 3. The second-order valence-electron chi connectivity index (χ2n) is 3.99. The van der Waals surface area contributed by atoms with Crippen LogP contribution >= 0.6 is 0 Å². The summed E-state index contributed by atoms with van der Waals surface area (Å²) in [5.41, 5.74) is 9.43. The van der Waals surface area contributed by atoms with Crippen molar-refractivity contribution in [1.82, 2.24) is 5.16 Å². The van der Waals surface area contributed by atoms with Crippen LogP contribution in [0.2, 0.25) is 0 Å². The van der Waals surface area contributed by atoms with Gasteiger partial charge in [0.25, 0.3) is 0 Å². The molecular formula is C13H16N2O2. The zero-order valence-corrected chi connectivity index (χ0v) is 10.3. The van der Waals surface area contributed by atoms with Crippen LogP contribution in [0.1, 0.15) is 18.1 Å². The first kappa shape index (κ1) is 11.5. The maximum atomic E-state index is 5.59. The minimum Gasteiger partial charge on any atom is -0.493 e. The third kappa shape index (κ3) is 2.25. The van der Waals surface area contributed by atoms with Gasteiger partial charge in [-0.1, -0.05) is 5.16 Å². The molecule has 0 bridgehead atoms. The van der Waals surface area contributed by atoms with E-state index in [0.717, 1.165) is 28.1 Å². The summed E-state index contributed by atoms with van der Waals surface area (Å²) < 4.78 is 10.5. The van der Waals surface area contributed by atoms with Crippen LogP contribution < -0.4 is 10.5 Å². The number of anilines is 1.